The molecule has 0 N–H and O–H groups in total. The molecule has 0 radical (unpaired) electrons. The van der Waals surface area contributed by atoms with Crippen molar-refractivity contribution in [2.24, 2.45) is 17.8 Å². The van der Waals surface area contributed by atoms with Crippen LogP contribution in [-0.4, -0.2) is 0 Å². The van der Waals surface area contributed by atoms with Crippen molar-refractivity contribution in [1.29, 1.82) is 0 Å². The fraction of sp³-hybridized carbons (Fsp3) is 0.714. The number of hydrogen-bond acceptors (Lipinski definition) is 0. The van der Waals surface area contributed by atoms with Crippen LogP contribution in [0.15, 0.2) is 9.47 Å². The van der Waals surface area contributed by atoms with Crippen LogP contribution in [0.5, 0.6) is 0 Å². The van der Waals surface area contributed by atoms with Crippen LogP contribution in [-0.2, 0) is 0 Å². The van der Waals surface area contributed by atoms with Crippen molar-refractivity contribution in [1.82, 2.24) is 0 Å². The minimum absolute atomic E-state index is 0.804. The van der Waals surface area contributed by atoms with Gasteiger partial charge in [0.05, 0.1) is 3.39 Å². The molecule has 0 aliphatic heterocycles. The van der Waals surface area contributed by atoms with Gasteiger partial charge in [-0.05, 0) is 49.6 Å². The van der Waals surface area contributed by atoms with Crippen molar-refractivity contribution in [3.05, 3.63) is 9.47 Å². The summed E-state index contributed by atoms with van der Waals surface area (Å²) in [6.45, 7) is 4.57. The van der Waals surface area contributed by atoms with Gasteiger partial charge in [0.25, 0.3) is 0 Å². The topological polar surface area (TPSA) is 0 Å². The third-order valence-electron chi connectivity index (χ3n) is 2.22. The van der Waals surface area contributed by atoms with E-state index >= 15 is 0 Å². The zero-order chi connectivity index (χ0) is 7.02. The molecule has 0 bridgehead atoms. The number of allylic oxidation sites excluding steroid dienone is 1. The van der Waals surface area contributed by atoms with E-state index in [9.17, 15) is 0 Å². The summed E-state index contributed by atoms with van der Waals surface area (Å²) in [5.74, 6) is 2.57. The maximum Gasteiger partial charge on any atom is 0.0567 e. The number of halogens is 2. The molecule has 2 atom stereocenters. The Kier molecular flexibility index (Phi) is 2.38. The minimum Gasteiger partial charge on any atom is -0.0617 e. The first kappa shape index (κ1) is 7.80. The molecule has 2 heteroatoms. The third-order valence-corrected chi connectivity index (χ3v) is 2.75. The van der Waals surface area contributed by atoms with Gasteiger partial charge in [-0.2, -0.15) is 0 Å². The van der Waals surface area contributed by atoms with Crippen molar-refractivity contribution in [3.8, 4) is 0 Å². The van der Waals surface area contributed by atoms with Crippen LogP contribution in [0.1, 0.15) is 13.8 Å². The Balaban J connectivity index is 2.42. The summed E-state index contributed by atoms with van der Waals surface area (Å²) in [4.78, 5) is 0. The van der Waals surface area contributed by atoms with Gasteiger partial charge in [0.1, 0.15) is 0 Å². The van der Waals surface area contributed by atoms with Gasteiger partial charge in [-0.3, -0.25) is 0 Å². The fourth-order valence-corrected chi connectivity index (χ4v) is 1.76. The average molecular weight is 254 g/mol. The molecule has 2 unspecified atom stereocenters. The first-order chi connectivity index (χ1) is 4.13. The van der Waals surface area contributed by atoms with E-state index in [-0.39, 0.29) is 0 Å². The quantitative estimate of drug-likeness (QED) is 0.671. The lowest BCUT2D eigenvalue weighted by molar-refractivity contribution is 0.834. The third kappa shape index (κ3) is 1.81. The predicted octanol–water partition coefficient (Wildman–Crippen LogP) is 3.52. The van der Waals surface area contributed by atoms with Gasteiger partial charge in [-0.25, -0.2) is 0 Å². The first-order valence-electron chi connectivity index (χ1n) is 3.15. The van der Waals surface area contributed by atoms with Crippen molar-refractivity contribution in [2.45, 2.75) is 13.8 Å². The lowest BCUT2D eigenvalue weighted by Crippen LogP contribution is -1.68. The molecule has 1 fully saturated rings. The van der Waals surface area contributed by atoms with E-state index in [1.54, 1.807) is 0 Å². The second kappa shape index (κ2) is 2.75. The van der Waals surface area contributed by atoms with Gasteiger partial charge in [0.2, 0.25) is 0 Å². The first-order valence-corrected chi connectivity index (χ1v) is 4.74. The summed E-state index contributed by atoms with van der Waals surface area (Å²) >= 11 is 6.70. The highest BCUT2D eigenvalue weighted by molar-refractivity contribution is 9.28. The smallest absolute Gasteiger partial charge is 0.0567 e. The Bertz CT molecular complexity index is 128. The van der Waals surface area contributed by atoms with E-state index in [2.05, 4.69) is 51.8 Å². The molecule has 0 amide bonds. The van der Waals surface area contributed by atoms with Crippen molar-refractivity contribution < 1.29 is 0 Å². The zero-order valence-electron chi connectivity index (χ0n) is 5.57. The Morgan fingerprint density at radius 1 is 1.22 bits per heavy atom. The van der Waals surface area contributed by atoms with E-state index in [1.165, 1.54) is 0 Å². The minimum atomic E-state index is 0.804. The van der Waals surface area contributed by atoms with E-state index in [4.69, 9.17) is 0 Å². The van der Waals surface area contributed by atoms with Gasteiger partial charge >= 0.3 is 0 Å². The summed E-state index contributed by atoms with van der Waals surface area (Å²) in [5.41, 5.74) is 0. The highest BCUT2D eigenvalue weighted by atomic mass is 79.9. The molecule has 52 valence electrons. The maximum absolute atomic E-state index is 3.35. The van der Waals surface area contributed by atoms with Crippen molar-refractivity contribution in [3.63, 3.8) is 0 Å². The van der Waals surface area contributed by atoms with Gasteiger partial charge < -0.3 is 0 Å². The van der Waals surface area contributed by atoms with Crippen LogP contribution in [0.4, 0.5) is 0 Å². The van der Waals surface area contributed by atoms with Crippen LogP contribution in [0, 0.1) is 17.8 Å². The van der Waals surface area contributed by atoms with Crippen LogP contribution in [0.25, 0.3) is 0 Å². The Morgan fingerprint density at radius 3 is 1.78 bits per heavy atom. The lowest BCUT2D eigenvalue weighted by Gasteiger charge is -1.82. The SMILES string of the molecule is CC1C(C)C1C=C(Br)Br. The molecular weight excluding hydrogens is 244 g/mol. The fourth-order valence-electron chi connectivity index (χ4n) is 1.15. The van der Waals surface area contributed by atoms with Gasteiger partial charge in [0.15, 0.2) is 0 Å². The standard InChI is InChI=1S/C7H10Br2/c1-4-5(2)6(4)3-7(8)9/h3-6H,1-2H3. The molecule has 0 aromatic rings. The van der Waals surface area contributed by atoms with Gasteiger partial charge in [-0.1, -0.05) is 19.9 Å². The molecule has 0 heterocycles. The highest BCUT2D eigenvalue weighted by Gasteiger charge is 2.40. The number of hydrogen-bond donors (Lipinski definition) is 0. The molecule has 1 rings (SSSR count). The van der Waals surface area contributed by atoms with Crippen molar-refractivity contribution >= 4 is 31.9 Å². The zero-order valence-corrected chi connectivity index (χ0v) is 8.74. The summed E-state index contributed by atoms with van der Waals surface area (Å²) < 4.78 is 1.09. The van der Waals surface area contributed by atoms with E-state index in [1.807, 2.05) is 0 Å². The van der Waals surface area contributed by atoms with Gasteiger partial charge in [-0.15, -0.1) is 0 Å². The largest absolute Gasteiger partial charge is 0.0617 e. The molecule has 0 nitrogen and oxygen atoms in total. The molecule has 9 heavy (non-hydrogen) atoms. The maximum atomic E-state index is 3.35. The molecule has 0 saturated heterocycles. The Morgan fingerprint density at radius 2 is 1.67 bits per heavy atom. The Hall–Kier alpha value is 0.700. The second-order valence-electron chi connectivity index (χ2n) is 2.75. The molecule has 1 aliphatic rings. The summed E-state index contributed by atoms with van der Waals surface area (Å²) in [6.07, 6.45) is 2.23. The van der Waals surface area contributed by atoms with E-state index in [0.717, 1.165) is 21.1 Å². The van der Waals surface area contributed by atoms with Crippen molar-refractivity contribution in [2.75, 3.05) is 0 Å². The predicted molar refractivity (Wildman–Crippen MR) is 47.8 cm³/mol. The normalized spacial score (nSPS) is 40.2. The molecule has 0 spiro atoms. The Labute approximate surface area is 73.0 Å². The number of rotatable bonds is 1. The molecule has 0 aromatic carbocycles. The summed E-state index contributed by atoms with van der Waals surface area (Å²) in [6, 6.07) is 0. The van der Waals surface area contributed by atoms with Crippen LogP contribution < -0.4 is 0 Å². The van der Waals surface area contributed by atoms with Crippen LogP contribution in [0.2, 0.25) is 0 Å². The summed E-state index contributed by atoms with van der Waals surface area (Å²) in [7, 11) is 0. The molecule has 0 aromatic heterocycles. The molecular formula is C7H10Br2. The molecule has 1 saturated carbocycles. The average Bonchev–Trinajstić information content (AvgIpc) is 2.22. The van der Waals surface area contributed by atoms with Gasteiger partial charge in [0, 0.05) is 0 Å². The van der Waals surface area contributed by atoms with E-state index < -0.39 is 0 Å². The summed E-state index contributed by atoms with van der Waals surface area (Å²) in [5, 5.41) is 0. The van der Waals surface area contributed by atoms with E-state index in [0.29, 0.717) is 0 Å². The second-order valence-corrected chi connectivity index (χ2v) is 5.52. The highest BCUT2D eigenvalue weighted by Crippen LogP contribution is 2.47. The lowest BCUT2D eigenvalue weighted by atomic mass is 10.3. The van der Waals surface area contributed by atoms with Crippen LogP contribution in [0.3, 0.4) is 0 Å². The molecule has 1 aliphatic carbocycles. The monoisotopic (exact) mass is 252 g/mol. The van der Waals surface area contributed by atoms with Crippen LogP contribution >= 0.6 is 31.9 Å².